The van der Waals surface area contributed by atoms with Gasteiger partial charge in [-0.25, -0.2) is 0 Å². The average molecular weight is 344 g/mol. The number of carbonyl (C=O) groups is 1. The summed E-state index contributed by atoms with van der Waals surface area (Å²) in [6.45, 7) is 0.472. The van der Waals surface area contributed by atoms with Gasteiger partial charge in [0.2, 0.25) is 0 Å². The van der Waals surface area contributed by atoms with Crippen molar-refractivity contribution in [2.45, 2.75) is 6.61 Å². The molecule has 0 fully saturated rings. The van der Waals surface area contributed by atoms with Crippen LogP contribution < -0.4 is 4.74 Å². The molecule has 0 aliphatic carbocycles. The molecule has 26 heavy (non-hydrogen) atoms. The maximum atomic E-state index is 12.7. The summed E-state index contributed by atoms with van der Waals surface area (Å²) in [5.41, 5.74) is 2.60. The third-order valence-electron chi connectivity index (χ3n) is 4.17. The molecular weight excluding hydrogens is 328 g/mol. The number of hydrogen-bond donors (Lipinski definition) is 1. The summed E-state index contributed by atoms with van der Waals surface area (Å²) in [4.78, 5) is 12.7. The number of benzene rings is 3. The highest BCUT2D eigenvalue weighted by molar-refractivity contribution is 6.16. The highest BCUT2D eigenvalue weighted by Gasteiger charge is 2.16. The van der Waals surface area contributed by atoms with E-state index in [1.165, 1.54) is 18.4 Å². The van der Waals surface area contributed by atoms with E-state index in [-0.39, 0.29) is 11.5 Å². The summed E-state index contributed by atoms with van der Waals surface area (Å²) < 4.78 is 11.1. The van der Waals surface area contributed by atoms with Crippen molar-refractivity contribution in [1.29, 1.82) is 0 Å². The van der Waals surface area contributed by atoms with E-state index in [4.69, 9.17) is 9.15 Å². The van der Waals surface area contributed by atoms with Gasteiger partial charge in [0, 0.05) is 10.9 Å². The van der Waals surface area contributed by atoms with Crippen molar-refractivity contribution in [2.24, 2.45) is 0 Å². The monoisotopic (exact) mass is 344 g/mol. The Kier molecular flexibility index (Phi) is 4.15. The third-order valence-corrected chi connectivity index (χ3v) is 4.17. The number of ether oxygens (including phenoxy) is 1. The summed E-state index contributed by atoms with van der Waals surface area (Å²) in [6, 6.07) is 21.6. The van der Waals surface area contributed by atoms with Gasteiger partial charge in [-0.15, -0.1) is 0 Å². The zero-order valence-electron chi connectivity index (χ0n) is 13.9. The van der Waals surface area contributed by atoms with Gasteiger partial charge in [-0.3, -0.25) is 4.79 Å². The fourth-order valence-electron chi connectivity index (χ4n) is 2.79. The summed E-state index contributed by atoms with van der Waals surface area (Å²) in [7, 11) is 0. The minimum atomic E-state index is -0.163. The number of fused-ring (bicyclic) bond motifs is 1. The van der Waals surface area contributed by atoms with Crippen molar-refractivity contribution in [3.05, 3.63) is 95.7 Å². The molecule has 4 nitrogen and oxygen atoms in total. The largest absolute Gasteiger partial charge is 0.508 e. The fourth-order valence-corrected chi connectivity index (χ4v) is 2.79. The number of phenolic OH excluding ortho intramolecular Hbond substituents is 1. The predicted octanol–water partition coefficient (Wildman–Crippen LogP) is 4.95. The van der Waals surface area contributed by atoms with Crippen LogP contribution in [0.4, 0.5) is 0 Å². The average Bonchev–Trinajstić information content (AvgIpc) is 3.10. The van der Waals surface area contributed by atoms with Gasteiger partial charge >= 0.3 is 0 Å². The van der Waals surface area contributed by atoms with Crippen LogP contribution in [0.1, 0.15) is 21.5 Å². The van der Waals surface area contributed by atoms with E-state index in [0.29, 0.717) is 34.5 Å². The molecule has 3 aromatic carbocycles. The zero-order valence-corrected chi connectivity index (χ0v) is 13.9. The smallest absolute Gasteiger partial charge is 0.196 e. The molecule has 0 bridgehead atoms. The second kappa shape index (κ2) is 6.76. The Labute approximate surface area is 150 Å². The first-order valence-electron chi connectivity index (χ1n) is 8.22. The first-order chi connectivity index (χ1) is 12.7. The predicted molar refractivity (Wildman–Crippen MR) is 98.5 cm³/mol. The van der Waals surface area contributed by atoms with Gasteiger partial charge in [-0.1, -0.05) is 30.3 Å². The molecule has 0 spiro atoms. The summed E-state index contributed by atoms with van der Waals surface area (Å²) in [5.74, 6) is 0.627. The van der Waals surface area contributed by atoms with Crippen LogP contribution in [0.3, 0.4) is 0 Å². The number of furan rings is 1. The zero-order chi connectivity index (χ0) is 17.9. The fraction of sp³-hybridized carbons (Fsp3) is 0.0455. The van der Waals surface area contributed by atoms with Gasteiger partial charge in [0.05, 0.1) is 5.56 Å². The Bertz CT molecular complexity index is 1050. The van der Waals surface area contributed by atoms with E-state index in [1.54, 1.807) is 30.3 Å². The summed E-state index contributed by atoms with van der Waals surface area (Å²) in [5, 5.41) is 10.2. The van der Waals surface area contributed by atoms with Crippen LogP contribution in [0.15, 0.2) is 83.5 Å². The molecule has 0 radical (unpaired) electrons. The van der Waals surface area contributed by atoms with E-state index < -0.39 is 0 Å². The van der Waals surface area contributed by atoms with E-state index in [2.05, 4.69) is 0 Å². The highest BCUT2D eigenvalue weighted by atomic mass is 16.5. The van der Waals surface area contributed by atoms with Crippen LogP contribution >= 0.6 is 0 Å². The van der Waals surface area contributed by atoms with Crippen molar-refractivity contribution in [2.75, 3.05) is 0 Å². The Morgan fingerprint density at radius 3 is 2.50 bits per heavy atom. The molecule has 0 aliphatic rings. The van der Waals surface area contributed by atoms with Crippen molar-refractivity contribution in [1.82, 2.24) is 0 Å². The van der Waals surface area contributed by atoms with Crippen molar-refractivity contribution < 1.29 is 19.1 Å². The Morgan fingerprint density at radius 2 is 1.73 bits per heavy atom. The normalized spacial score (nSPS) is 10.8. The lowest BCUT2D eigenvalue weighted by Gasteiger charge is -2.07. The number of phenols is 1. The molecule has 4 aromatic rings. The molecule has 1 N–H and O–H groups in total. The molecule has 0 atom stereocenters. The van der Waals surface area contributed by atoms with Crippen molar-refractivity contribution >= 4 is 16.8 Å². The molecule has 128 valence electrons. The van der Waals surface area contributed by atoms with Crippen LogP contribution in [-0.2, 0) is 6.61 Å². The number of ketones is 1. The van der Waals surface area contributed by atoms with Crippen LogP contribution in [0.5, 0.6) is 11.5 Å². The van der Waals surface area contributed by atoms with Gasteiger partial charge in [0.1, 0.15) is 30.0 Å². The molecular formula is C22H16O4. The highest BCUT2D eigenvalue weighted by Crippen LogP contribution is 2.27. The van der Waals surface area contributed by atoms with E-state index >= 15 is 0 Å². The minimum absolute atomic E-state index is 0.0950. The minimum Gasteiger partial charge on any atom is -0.508 e. The van der Waals surface area contributed by atoms with Crippen LogP contribution in [-0.4, -0.2) is 10.9 Å². The van der Waals surface area contributed by atoms with Gasteiger partial charge in [-0.05, 0) is 48.0 Å². The number of hydrogen-bond acceptors (Lipinski definition) is 4. The standard InChI is InChI=1S/C22H16O4/c23-17-8-11-21-19(12-17)20(14-26-21)22(24)16-6-9-18(10-7-16)25-13-15-4-2-1-3-5-15/h1-12,14,23H,13H2. The molecule has 1 heterocycles. The second-order valence-corrected chi connectivity index (χ2v) is 5.96. The van der Waals surface area contributed by atoms with E-state index in [1.807, 2.05) is 30.3 Å². The lowest BCUT2D eigenvalue weighted by molar-refractivity contribution is 0.103. The molecule has 1 aromatic heterocycles. The first kappa shape index (κ1) is 16.0. The lowest BCUT2D eigenvalue weighted by Crippen LogP contribution is -2.01. The molecule has 0 saturated carbocycles. The van der Waals surface area contributed by atoms with Gasteiger partial charge in [0.15, 0.2) is 5.78 Å². The van der Waals surface area contributed by atoms with Gasteiger partial charge in [-0.2, -0.15) is 0 Å². The molecule has 4 heteroatoms. The molecule has 0 saturated heterocycles. The van der Waals surface area contributed by atoms with Crippen molar-refractivity contribution in [3.8, 4) is 11.5 Å². The van der Waals surface area contributed by atoms with Crippen LogP contribution in [0.25, 0.3) is 11.0 Å². The molecule has 0 aliphatic heterocycles. The van der Waals surface area contributed by atoms with Crippen LogP contribution in [0.2, 0.25) is 0 Å². The molecule has 0 amide bonds. The second-order valence-electron chi connectivity index (χ2n) is 5.96. The molecule has 0 unspecified atom stereocenters. The van der Waals surface area contributed by atoms with E-state index in [0.717, 1.165) is 5.56 Å². The Hall–Kier alpha value is -3.53. The topological polar surface area (TPSA) is 59.7 Å². The van der Waals surface area contributed by atoms with Crippen LogP contribution in [0, 0.1) is 0 Å². The maximum absolute atomic E-state index is 12.7. The maximum Gasteiger partial charge on any atom is 0.196 e. The summed E-state index contributed by atoms with van der Waals surface area (Å²) >= 11 is 0. The first-order valence-corrected chi connectivity index (χ1v) is 8.22. The van der Waals surface area contributed by atoms with Gasteiger partial charge in [0.25, 0.3) is 0 Å². The number of rotatable bonds is 5. The van der Waals surface area contributed by atoms with E-state index in [9.17, 15) is 9.90 Å². The third kappa shape index (κ3) is 3.17. The molecule has 4 rings (SSSR count). The number of carbonyl (C=O) groups excluding carboxylic acids is 1. The Balaban J connectivity index is 1.52. The van der Waals surface area contributed by atoms with Crippen molar-refractivity contribution in [3.63, 3.8) is 0 Å². The SMILES string of the molecule is O=C(c1ccc(OCc2ccccc2)cc1)c1coc2ccc(O)cc12. The quantitative estimate of drug-likeness (QED) is 0.521. The number of aromatic hydroxyl groups is 1. The summed E-state index contributed by atoms with van der Waals surface area (Å²) in [6.07, 6.45) is 1.42. The lowest BCUT2D eigenvalue weighted by atomic mass is 10.0. The van der Waals surface area contributed by atoms with Gasteiger partial charge < -0.3 is 14.3 Å². The Morgan fingerprint density at radius 1 is 0.962 bits per heavy atom.